The highest BCUT2D eigenvalue weighted by molar-refractivity contribution is 5.91. The van der Waals surface area contributed by atoms with Crippen LogP contribution < -0.4 is 15.8 Å². The van der Waals surface area contributed by atoms with E-state index in [2.05, 4.69) is 25.5 Å². The minimum atomic E-state index is -4.78. The van der Waals surface area contributed by atoms with Gasteiger partial charge in [0, 0.05) is 26.2 Å². The maximum atomic E-state index is 14.6. The molecule has 0 unspecified atom stereocenters. The number of carbonyl (C=O) groups excluding carboxylic acids is 2. The van der Waals surface area contributed by atoms with Crippen LogP contribution in [0.4, 0.5) is 37.7 Å². The van der Waals surface area contributed by atoms with Crippen LogP contribution in [-0.2, 0) is 28.7 Å². The zero-order chi connectivity index (χ0) is 35.0. The third-order valence-corrected chi connectivity index (χ3v) is 8.07. The Bertz CT molecular complexity index is 2000. The van der Waals surface area contributed by atoms with Gasteiger partial charge in [-0.3, -0.25) is 19.5 Å². The van der Waals surface area contributed by atoms with Gasteiger partial charge in [0.15, 0.2) is 11.6 Å². The van der Waals surface area contributed by atoms with Crippen molar-refractivity contribution in [1.82, 2.24) is 39.2 Å². The summed E-state index contributed by atoms with van der Waals surface area (Å²) in [5, 5.41) is 12.4. The number of H-pyrrole nitrogens is 1. The Hall–Kier alpha value is -5.27. The average molecular weight is 695 g/mol. The number of ether oxygens (including phenoxy) is 1. The van der Waals surface area contributed by atoms with Gasteiger partial charge in [0.05, 0.1) is 30.2 Å². The van der Waals surface area contributed by atoms with E-state index in [-0.39, 0.29) is 56.0 Å². The molecule has 2 aliphatic heterocycles. The van der Waals surface area contributed by atoms with Gasteiger partial charge in [-0.15, -0.1) is 10.2 Å². The van der Waals surface area contributed by atoms with Gasteiger partial charge in [-0.2, -0.15) is 22.7 Å². The highest BCUT2D eigenvalue weighted by atomic mass is 19.4. The van der Waals surface area contributed by atoms with Crippen molar-refractivity contribution < 1.29 is 40.7 Å². The molecular formula is C29H28F6N10O4. The summed E-state index contributed by atoms with van der Waals surface area (Å²) in [6.07, 6.45) is -5.29. The van der Waals surface area contributed by atoms with Crippen molar-refractivity contribution in [3.63, 3.8) is 0 Å². The molecule has 0 atom stereocenters. The van der Waals surface area contributed by atoms with Crippen LogP contribution in [-0.4, -0.2) is 90.5 Å². The van der Waals surface area contributed by atoms with Gasteiger partial charge in [0.2, 0.25) is 17.5 Å². The second-order valence-electron chi connectivity index (χ2n) is 11.1. The first-order valence-electron chi connectivity index (χ1n) is 15.1. The number of nitrogens with one attached hydrogen (secondary N) is 2. The van der Waals surface area contributed by atoms with Crippen LogP contribution in [0.2, 0.25) is 0 Å². The summed E-state index contributed by atoms with van der Waals surface area (Å²) in [5.41, 5.74) is -1.02. The van der Waals surface area contributed by atoms with Crippen LogP contribution in [0.3, 0.4) is 0 Å². The second kappa shape index (κ2) is 13.3. The van der Waals surface area contributed by atoms with Crippen molar-refractivity contribution in [2.45, 2.75) is 38.9 Å². The fraction of sp³-hybridized carbons (Fsp3) is 0.414. The Morgan fingerprint density at radius 3 is 2.49 bits per heavy atom. The van der Waals surface area contributed by atoms with Crippen molar-refractivity contribution in [1.29, 1.82) is 0 Å². The first-order valence-corrected chi connectivity index (χ1v) is 15.1. The Labute approximate surface area is 272 Å². The number of hydrogen-bond donors (Lipinski definition) is 2. The molecule has 0 spiro atoms. The number of carbonyl (C=O) groups is 2. The zero-order valence-corrected chi connectivity index (χ0v) is 25.7. The van der Waals surface area contributed by atoms with Crippen LogP contribution in [0.5, 0.6) is 0 Å². The molecule has 0 aliphatic carbocycles. The monoisotopic (exact) mass is 694 g/mol. The highest BCUT2D eigenvalue weighted by Gasteiger charge is 2.33. The van der Waals surface area contributed by atoms with Crippen LogP contribution in [0, 0.1) is 5.82 Å². The number of nitrogens with zero attached hydrogens (tertiary/aromatic N) is 8. The number of aromatic nitrogens is 7. The summed E-state index contributed by atoms with van der Waals surface area (Å²) in [6.45, 7) is 2.32. The molecule has 14 nitrogen and oxygen atoms in total. The molecule has 2 N–H and O–H groups in total. The third kappa shape index (κ3) is 6.72. The van der Waals surface area contributed by atoms with E-state index in [0.29, 0.717) is 37.0 Å². The number of halogens is 6. The van der Waals surface area contributed by atoms with E-state index < -0.39 is 65.2 Å². The molecule has 6 rings (SSSR count). The van der Waals surface area contributed by atoms with Crippen molar-refractivity contribution in [2.24, 2.45) is 0 Å². The molecule has 0 saturated carbocycles. The SMILES string of the molecule is CCc1c(N2CCN(C(=O)c3n[nH]c(C(F)F)n3)CC2)c(=O)n2nc(C3=CCOCC3)nc2n1CC(=O)Nc1ccc(C(F)(F)F)cc1F. The quantitative estimate of drug-likeness (QED) is 0.265. The number of hydrogen-bond acceptors (Lipinski definition) is 9. The normalized spacial score (nSPS) is 15.6. The molecule has 1 saturated heterocycles. The number of anilines is 2. The summed E-state index contributed by atoms with van der Waals surface area (Å²) >= 11 is 0. The smallest absolute Gasteiger partial charge is 0.377 e. The van der Waals surface area contributed by atoms with E-state index in [0.717, 1.165) is 10.6 Å². The summed E-state index contributed by atoms with van der Waals surface area (Å²) in [4.78, 5) is 51.4. The minimum absolute atomic E-state index is 0.00397. The Morgan fingerprint density at radius 1 is 1.12 bits per heavy atom. The summed E-state index contributed by atoms with van der Waals surface area (Å²) in [6, 6.07) is 1.73. The van der Waals surface area contributed by atoms with Crippen molar-refractivity contribution >= 4 is 34.5 Å². The minimum Gasteiger partial charge on any atom is -0.377 e. The Morgan fingerprint density at radius 2 is 1.88 bits per heavy atom. The van der Waals surface area contributed by atoms with Gasteiger partial charge in [-0.1, -0.05) is 13.0 Å². The third-order valence-electron chi connectivity index (χ3n) is 8.07. The van der Waals surface area contributed by atoms with E-state index in [1.807, 2.05) is 5.10 Å². The summed E-state index contributed by atoms with van der Waals surface area (Å²) in [7, 11) is 0. The zero-order valence-electron chi connectivity index (χ0n) is 25.7. The first-order chi connectivity index (χ1) is 23.3. The average Bonchev–Trinajstić information content (AvgIpc) is 3.76. The van der Waals surface area contributed by atoms with Crippen LogP contribution in [0.25, 0.3) is 11.4 Å². The van der Waals surface area contributed by atoms with Crippen molar-refractivity contribution in [3.05, 3.63) is 69.2 Å². The van der Waals surface area contributed by atoms with Gasteiger partial charge in [-0.25, -0.2) is 18.2 Å². The van der Waals surface area contributed by atoms with Gasteiger partial charge in [0.25, 0.3) is 17.9 Å². The summed E-state index contributed by atoms with van der Waals surface area (Å²) < 4.78 is 87.5. The molecule has 4 aromatic rings. The molecule has 20 heteroatoms. The molecule has 0 radical (unpaired) electrons. The van der Waals surface area contributed by atoms with Crippen LogP contribution >= 0.6 is 0 Å². The lowest BCUT2D eigenvalue weighted by atomic mass is 10.1. The number of alkyl halides is 5. The van der Waals surface area contributed by atoms with Gasteiger partial charge in [-0.05, 0) is 36.6 Å². The number of piperazine rings is 1. The number of rotatable bonds is 8. The van der Waals surface area contributed by atoms with Crippen LogP contribution in [0.15, 0.2) is 29.1 Å². The number of fused-ring (bicyclic) bond motifs is 1. The number of amides is 2. The van der Waals surface area contributed by atoms with E-state index in [1.165, 1.54) is 9.47 Å². The predicted molar refractivity (Wildman–Crippen MR) is 160 cm³/mol. The molecule has 3 aromatic heterocycles. The number of aromatic amines is 1. The second-order valence-corrected chi connectivity index (χ2v) is 11.1. The molecule has 2 aliphatic rings. The molecule has 0 bridgehead atoms. The van der Waals surface area contributed by atoms with Gasteiger partial charge < -0.3 is 24.4 Å². The fourth-order valence-electron chi connectivity index (χ4n) is 5.66. The first kappa shape index (κ1) is 33.6. The molecule has 1 fully saturated rings. The maximum absolute atomic E-state index is 14.6. The molecule has 1 aromatic carbocycles. The lowest BCUT2D eigenvalue weighted by Gasteiger charge is -2.36. The standard InChI is InChI=1S/C29H28F6N10O4/c1-2-19-21(42-7-9-43(10-8-42)27(48)25-37-24(22(31)32)39-40-25)26(47)45-28(38-23(41-45)15-5-11-49-12-6-15)44(19)14-20(46)36-18-4-3-16(13-17(18)30)29(33,34)35/h3-5,13,22H,2,6-12,14H2,1H3,(H,36,46)(H,37,39,40). The number of benzene rings is 1. The summed E-state index contributed by atoms with van der Waals surface area (Å²) in [5.74, 6) is -3.71. The van der Waals surface area contributed by atoms with Crippen LogP contribution in [0.1, 0.15) is 53.3 Å². The van der Waals surface area contributed by atoms with Gasteiger partial charge >= 0.3 is 6.18 Å². The lowest BCUT2D eigenvalue weighted by Crippen LogP contribution is -2.51. The van der Waals surface area contributed by atoms with Gasteiger partial charge in [0.1, 0.15) is 18.0 Å². The van der Waals surface area contributed by atoms with Crippen molar-refractivity contribution in [2.75, 3.05) is 49.6 Å². The molecule has 5 heterocycles. The Balaban J connectivity index is 1.33. The van der Waals surface area contributed by atoms with E-state index in [1.54, 1.807) is 17.9 Å². The fourth-order valence-corrected chi connectivity index (χ4v) is 5.66. The largest absolute Gasteiger partial charge is 0.416 e. The lowest BCUT2D eigenvalue weighted by molar-refractivity contribution is -0.137. The molecule has 260 valence electrons. The molecule has 49 heavy (non-hydrogen) atoms. The topological polar surface area (TPSA) is 156 Å². The molecule has 2 amide bonds. The highest BCUT2D eigenvalue weighted by Crippen LogP contribution is 2.31. The predicted octanol–water partition coefficient (Wildman–Crippen LogP) is 3.07. The van der Waals surface area contributed by atoms with E-state index >= 15 is 0 Å². The van der Waals surface area contributed by atoms with E-state index in [9.17, 15) is 40.7 Å². The van der Waals surface area contributed by atoms with E-state index in [4.69, 9.17) is 4.74 Å². The molecular weight excluding hydrogens is 666 g/mol. The maximum Gasteiger partial charge on any atom is 0.416 e. The Kier molecular flexibility index (Phi) is 9.14. The van der Waals surface area contributed by atoms with Crippen molar-refractivity contribution in [3.8, 4) is 0 Å².